The van der Waals surface area contributed by atoms with Gasteiger partial charge in [-0.1, -0.05) is 15.9 Å². The summed E-state index contributed by atoms with van der Waals surface area (Å²) in [6.07, 6.45) is 0. The van der Waals surface area contributed by atoms with E-state index in [1.165, 1.54) is 0 Å². The normalized spacial score (nSPS) is 12.4. The van der Waals surface area contributed by atoms with Gasteiger partial charge >= 0.3 is 0 Å². The van der Waals surface area contributed by atoms with Crippen molar-refractivity contribution in [3.63, 3.8) is 0 Å². The molecular weight excluding hydrogens is 286 g/mol. The van der Waals surface area contributed by atoms with E-state index in [1.54, 1.807) is 38.3 Å². The van der Waals surface area contributed by atoms with Gasteiger partial charge in [-0.2, -0.15) is 0 Å². The summed E-state index contributed by atoms with van der Waals surface area (Å²) in [6, 6.07) is 4.60. The molecule has 0 bridgehead atoms. The number of hydrogen-bond donors (Lipinski definition) is 2. The van der Waals surface area contributed by atoms with E-state index in [9.17, 15) is 4.79 Å². The standard InChI is InChI=1S/C11H16BrN3O2/c1-15(2)14-11(16)10(13)8-6-7(12)4-5-9(8)17-3/h4-6,10H,13H2,1-3H3,(H,14,16). The summed E-state index contributed by atoms with van der Waals surface area (Å²) >= 11 is 3.34. The van der Waals surface area contributed by atoms with E-state index in [0.717, 1.165) is 4.47 Å². The molecule has 0 aliphatic carbocycles. The second-order valence-electron chi connectivity index (χ2n) is 3.73. The number of nitrogens with zero attached hydrogens (tertiary/aromatic N) is 1. The first-order chi connectivity index (χ1) is 7.95. The number of nitrogens with two attached hydrogens (primary N) is 1. The Balaban J connectivity index is 2.98. The zero-order valence-corrected chi connectivity index (χ0v) is 11.6. The van der Waals surface area contributed by atoms with Crippen LogP contribution in [0, 0.1) is 0 Å². The molecule has 0 fully saturated rings. The van der Waals surface area contributed by atoms with Gasteiger partial charge < -0.3 is 10.5 Å². The van der Waals surface area contributed by atoms with Gasteiger partial charge in [0.1, 0.15) is 11.8 Å². The number of ether oxygens (including phenoxy) is 1. The number of hydrogen-bond acceptors (Lipinski definition) is 4. The van der Waals surface area contributed by atoms with Crippen LogP contribution in [0.4, 0.5) is 0 Å². The fourth-order valence-corrected chi connectivity index (χ4v) is 1.76. The first-order valence-corrected chi connectivity index (χ1v) is 5.82. The Bertz CT molecular complexity index is 410. The summed E-state index contributed by atoms with van der Waals surface area (Å²) in [5, 5.41) is 1.55. The van der Waals surface area contributed by atoms with Crippen LogP contribution in [0.15, 0.2) is 22.7 Å². The van der Waals surface area contributed by atoms with E-state index in [0.29, 0.717) is 11.3 Å². The average molecular weight is 302 g/mol. The molecule has 0 radical (unpaired) electrons. The smallest absolute Gasteiger partial charge is 0.255 e. The van der Waals surface area contributed by atoms with Gasteiger partial charge in [-0.25, -0.2) is 5.01 Å². The Morgan fingerprint density at radius 3 is 2.71 bits per heavy atom. The molecule has 17 heavy (non-hydrogen) atoms. The molecule has 94 valence electrons. The number of carbonyl (C=O) groups is 1. The molecule has 1 aromatic carbocycles. The lowest BCUT2D eigenvalue weighted by Gasteiger charge is -2.18. The SMILES string of the molecule is COc1ccc(Br)cc1C(N)C(=O)NN(C)C. The topological polar surface area (TPSA) is 67.6 Å². The second-order valence-corrected chi connectivity index (χ2v) is 4.65. The molecule has 1 aromatic rings. The molecule has 0 spiro atoms. The quantitative estimate of drug-likeness (QED) is 0.816. The number of hydrazine groups is 1. The van der Waals surface area contributed by atoms with Gasteiger partial charge in [0.2, 0.25) is 0 Å². The van der Waals surface area contributed by atoms with Crippen LogP contribution in [-0.4, -0.2) is 32.1 Å². The zero-order chi connectivity index (χ0) is 13.0. The lowest BCUT2D eigenvalue weighted by atomic mass is 10.1. The Morgan fingerprint density at radius 2 is 2.18 bits per heavy atom. The van der Waals surface area contributed by atoms with E-state index >= 15 is 0 Å². The van der Waals surface area contributed by atoms with Gasteiger partial charge in [0.05, 0.1) is 7.11 Å². The molecule has 0 heterocycles. The summed E-state index contributed by atoms with van der Waals surface area (Å²) in [6.45, 7) is 0. The molecule has 1 amide bonds. The number of carbonyl (C=O) groups excluding carboxylic acids is 1. The van der Waals surface area contributed by atoms with Gasteiger partial charge in [0.25, 0.3) is 5.91 Å². The second kappa shape index (κ2) is 6.00. The minimum absolute atomic E-state index is 0.286. The maximum Gasteiger partial charge on any atom is 0.255 e. The molecule has 0 aliphatic heterocycles. The molecule has 5 nitrogen and oxygen atoms in total. The molecule has 6 heteroatoms. The maximum absolute atomic E-state index is 11.8. The molecule has 0 saturated heterocycles. The van der Waals surface area contributed by atoms with Crippen LogP contribution in [-0.2, 0) is 4.79 Å². The van der Waals surface area contributed by atoms with Gasteiger partial charge in [-0.15, -0.1) is 0 Å². The molecular formula is C11H16BrN3O2. The minimum Gasteiger partial charge on any atom is -0.496 e. The largest absolute Gasteiger partial charge is 0.496 e. The monoisotopic (exact) mass is 301 g/mol. The van der Waals surface area contributed by atoms with E-state index in [2.05, 4.69) is 21.4 Å². The molecule has 1 unspecified atom stereocenters. The van der Waals surface area contributed by atoms with Gasteiger partial charge in [-0.3, -0.25) is 10.2 Å². The van der Waals surface area contributed by atoms with Crippen molar-refractivity contribution in [2.75, 3.05) is 21.2 Å². The summed E-state index contributed by atoms with van der Waals surface area (Å²) < 4.78 is 6.03. The summed E-state index contributed by atoms with van der Waals surface area (Å²) in [5.74, 6) is 0.306. The fourth-order valence-electron chi connectivity index (χ4n) is 1.38. The summed E-state index contributed by atoms with van der Waals surface area (Å²) in [5.41, 5.74) is 9.14. The molecule has 0 saturated carbocycles. The zero-order valence-electron chi connectivity index (χ0n) is 10.0. The highest BCUT2D eigenvalue weighted by Gasteiger charge is 2.20. The van der Waals surface area contributed by atoms with Crippen LogP contribution < -0.4 is 15.9 Å². The number of methoxy groups -OCH3 is 1. The Labute approximate surface area is 109 Å². The Hall–Kier alpha value is -1.11. The van der Waals surface area contributed by atoms with Crippen molar-refractivity contribution >= 4 is 21.8 Å². The minimum atomic E-state index is -0.773. The van der Waals surface area contributed by atoms with E-state index < -0.39 is 6.04 Å². The molecule has 1 atom stereocenters. The van der Waals surface area contributed by atoms with Crippen LogP contribution in [0.25, 0.3) is 0 Å². The van der Waals surface area contributed by atoms with E-state index in [4.69, 9.17) is 10.5 Å². The van der Waals surface area contributed by atoms with E-state index in [1.807, 2.05) is 6.07 Å². The highest BCUT2D eigenvalue weighted by atomic mass is 79.9. The predicted octanol–water partition coefficient (Wildman–Crippen LogP) is 1.05. The highest BCUT2D eigenvalue weighted by molar-refractivity contribution is 9.10. The summed E-state index contributed by atoms with van der Waals surface area (Å²) in [4.78, 5) is 11.8. The van der Waals surface area contributed by atoms with E-state index in [-0.39, 0.29) is 5.91 Å². The predicted molar refractivity (Wildman–Crippen MR) is 69.5 cm³/mol. The van der Waals surface area contributed by atoms with Crippen LogP contribution in [0.3, 0.4) is 0 Å². The average Bonchev–Trinajstić information content (AvgIpc) is 2.27. The van der Waals surface area contributed by atoms with Crippen molar-refractivity contribution in [1.82, 2.24) is 10.4 Å². The maximum atomic E-state index is 11.8. The molecule has 3 N–H and O–H groups in total. The van der Waals surface area contributed by atoms with Crippen LogP contribution in [0.1, 0.15) is 11.6 Å². The number of benzene rings is 1. The molecule has 0 aliphatic rings. The Kier molecular flexibility index (Phi) is 4.92. The number of amides is 1. The van der Waals surface area contributed by atoms with Gasteiger partial charge in [0.15, 0.2) is 0 Å². The van der Waals surface area contributed by atoms with Crippen molar-refractivity contribution < 1.29 is 9.53 Å². The first kappa shape index (κ1) is 14.0. The Morgan fingerprint density at radius 1 is 1.53 bits per heavy atom. The van der Waals surface area contributed by atoms with Gasteiger partial charge in [0, 0.05) is 24.1 Å². The first-order valence-electron chi connectivity index (χ1n) is 5.02. The van der Waals surface area contributed by atoms with Crippen LogP contribution in [0.5, 0.6) is 5.75 Å². The number of rotatable bonds is 4. The fraction of sp³-hybridized carbons (Fsp3) is 0.364. The van der Waals surface area contributed by atoms with Crippen molar-refractivity contribution in [3.05, 3.63) is 28.2 Å². The summed E-state index contributed by atoms with van der Waals surface area (Å²) in [7, 11) is 4.99. The number of halogens is 1. The molecule has 1 rings (SSSR count). The third-order valence-corrected chi connectivity index (χ3v) is 2.64. The van der Waals surface area contributed by atoms with Crippen molar-refractivity contribution in [2.24, 2.45) is 5.73 Å². The third kappa shape index (κ3) is 3.69. The van der Waals surface area contributed by atoms with Crippen molar-refractivity contribution in [3.8, 4) is 5.75 Å². The van der Waals surface area contributed by atoms with Crippen LogP contribution >= 0.6 is 15.9 Å². The third-order valence-electron chi connectivity index (χ3n) is 2.14. The van der Waals surface area contributed by atoms with Gasteiger partial charge in [-0.05, 0) is 18.2 Å². The number of nitrogens with one attached hydrogen (secondary N) is 1. The highest BCUT2D eigenvalue weighted by Crippen LogP contribution is 2.27. The lowest BCUT2D eigenvalue weighted by molar-refractivity contribution is -0.126. The van der Waals surface area contributed by atoms with Crippen molar-refractivity contribution in [1.29, 1.82) is 0 Å². The van der Waals surface area contributed by atoms with Crippen molar-refractivity contribution in [2.45, 2.75) is 6.04 Å². The molecule has 0 aromatic heterocycles. The van der Waals surface area contributed by atoms with Crippen LogP contribution in [0.2, 0.25) is 0 Å². The lowest BCUT2D eigenvalue weighted by Crippen LogP contribution is -2.42.